The quantitative estimate of drug-likeness (QED) is 0.454. The Labute approximate surface area is 144 Å². The molecule has 0 spiro atoms. The summed E-state index contributed by atoms with van der Waals surface area (Å²) in [7, 11) is 0. The molecule has 2 heterocycles. The number of nitrogens with zero attached hydrogens (tertiary/aromatic N) is 2. The van der Waals surface area contributed by atoms with E-state index in [9.17, 15) is 0 Å². The maximum absolute atomic E-state index is 5.41. The molecular weight excluding hydrogens is 304 g/mol. The maximum atomic E-state index is 5.41. The molecule has 0 aromatic heterocycles. The fourth-order valence-electron chi connectivity index (χ4n) is 3.07. The van der Waals surface area contributed by atoms with Crippen molar-refractivity contribution < 1.29 is 9.47 Å². The predicted molar refractivity (Wildman–Crippen MR) is 95.7 cm³/mol. The fraction of sp³-hybridized carbons (Fsp3) is 0.611. The molecule has 1 fully saturated rings. The average molecular weight is 332 g/mol. The van der Waals surface area contributed by atoms with E-state index >= 15 is 0 Å². The van der Waals surface area contributed by atoms with Crippen molar-refractivity contribution in [2.24, 2.45) is 4.99 Å². The fourth-order valence-corrected chi connectivity index (χ4v) is 3.07. The van der Waals surface area contributed by atoms with Crippen LogP contribution in [0.2, 0.25) is 0 Å². The van der Waals surface area contributed by atoms with Gasteiger partial charge >= 0.3 is 0 Å². The van der Waals surface area contributed by atoms with Gasteiger partial charge < -0.3 is 25.0 Å². The van der Waals surface area contributed by atoms with Crippen LogP contribution >= 0.6 is 0 Å². The number of fused-ring (bicyclic) bond motifs is 1. The summed E-state index contributed by atoms with van der Waals surface area (Å²) >= 11 is 0. The van der Waals surface area contributed by atoms with Gasteiger partial charge in [0.05, 0.1) is 6.54 Å². The molecule has 2 aliphatic heterocycles. The van der Waals surface area contributed by atoms with Gasteiger partial charge in [-0.25, -0.2) is 4.99 Å². The number of ether oxygens (including phenoxy) is 2. The van der Waals surface area contributed by atoms with Gasteiger partial charge in [-0.15, -0.1) is 0 Å². The second kappa shape index (κ2) is 8.78. The van der Waals surface area contributed by atoms with E-state index in [1.807, 2.05) is 18.2 Å². The van der Waals surface area contributed by atoms with Crippen LogP contribution < -0.4 is 20.1 Å². The minimum atomic E-state index is 0.309. The first-order valence-electron chi connectivity index (χ1n) is 8.98. The van der Waals surface area contributed by atoms with E-state index in [1.54, 1.807) is 0 Å². The molecule has 0 radical (unpaired) electrons. The van der Waals surface area contributed by atoms with Gasteiger partial charge in [0.25, 0.3) is 0 Å². The van der Waals surface area contributed by atoms with Crippen LogP contribution in [0.1, 0.15) is 31.7 Å². The van der Waals surface area contributed by atoms with Gasteiger partial charge in [0, 0.05) is 13.1 Å². The van der Waals surface area contributed by atoms with Crippen LogP contribution in [0.25, 0.3) is 0 Å². The third-order valence-electron chi connectivity index (χ3n) is 4.34. The van der Waals surface area contributed by atoms with E-state index in [2.05, 4.69) is 27.4 Å². The van der Waals surface area contributed by atoms with Crippen molar-refractivity contribution in [3.05, 3.63) is 23.8 Å². The first kappa shape index (κ1) is 16.9. The second-order valence-electron chi connectivity index (χ2n) is 6.21. The summed E-state index contributed by atoms with van der Waals surface area (Å²) in [5.74, 6) is 2.50. The first-order valence-corrected chi connectivity index (χ1v) is 8.98. The van der Waals surface area contributed by atoms with Gasteiger partial charge in [-0.2, -0.15) is 0 Å². The average Bonchev–Trinajstić information content (AvgIpc) is 3.27. The highest BCUT2D eigenvalue weighted by Gasteiger charge is 2.13. The molecule has 2 aliphatic rings. The number of hydrogen-bond acceptors (Lipinski definition) is 4. The standard InChI is InChI=1S/C18H28N4O2/c1-2-19-18(20-8-5-11-22-9-3-4-10-22)21-13-15-6-7-16-17(12-15)24-14-23-16/h6-7,12H,2-5,8-11,13-14H2,1H3,(H2,19,20,21). The van der Waals surface area contributed by atoms with Gasteiger partial charge in [-0.05, 0) is 63.5 Å². The zero-order valence-electron chi connectivity index (χ0n) is 14.5. The van der Waals surface area contributed by atoms with Gasteiger partial charge in [0.2, 0.25) is 6.79 Å². The van der Waals surface area contributed by atoms with Gasteiger partial charge in [-0.1, -0.05) is 6.07 Å². The van der Waals surface area contributed by atoms with Crippen molar-refractivity contribution in [2.45, 2.75) is 32.7 Å². The number of likely N-dealkylation sites (tertiary alicyclic amines) is 1. The Morgan fingerprint density at radius 3 is 2.83 bits per heavy atom. The van der Waals surface area contributed by atoms with Crippen molar-refractivity contribution in [3.8, 4) is 11.5 Å². The molecule has 1 aromatic rings. The molecule has 0 atom stereocenters. The summed E-state index contributed by atoms with van der Waals surface area (Å²) in [6.45, 7) is 8.52. The lowest BCUT2D eigenvalue weighted by molar-refractivity contribution is 0.174. The molecule has 0 saturated carbocycles. The van der Waals surface area contributed by atoms with E-state index in [0.29, 0.717) is 13.3 Å². The van der Waals surface area contributed by atoms with Crippen LogP contribution in [-0.2, 0) is 6.54 Å². The molecule has 3 rings (SSSR count). The molecule has 1 saturated heterocycles. The van der Waals surface area contributed by atoms with E-state index in [1.165, 1.54) is 32.5 Å². The van der Waals surface area contributed by atoms with Crippen molar-refractivity contribution in [1.82, 2.24) is 15.5 Å². The Morgan fingerprint density at radius 1 is 1.17 bits per heavy atom. The van der Waals surface area contributed by atoms with Crippen molar-refractivity contribution in [2.75, 3.05) is 39.5 Å². The van der Waals surface area contributed by atoms with Crippen LogP contribution in [0, 0.1) is 0 Å². The van der Waals surface area contributed by atoms with Gasteiger partial charge in [0.15, 0.2) is 17.5 Å². The van der Waals surface area contributed by atoms with Crippen LogP contribution in [0.5, 0.6) is 11.5 Å². The minimum absolute atomic E-state index is 0.309. The van der Waals surface area contributed by atoms with E-state index in [4.69, 9.17) is 9.47 Å². The Balaban J connectivity index is 1.45. The molecule has 0 amide bonds. The summed E-state index contributed by atoms with van der Waals surface area (Å²) in [4.78, 5) is 7.20. The maximum Gasteiger partial charge on any atom is 0.231 e. The number of guanidine groups is 1. The smallest absolute Gasteiger partial charge is 0.231 e. The molecule has 2 N–H and O–H groups in total. The summed E-state index contributed by atoms with van der Waals surface area (Å²) in [6.07, 6.45) is 3.86. The summed E-state index contributed by atoms with van der Waals surface area (Å²) < 4.78 is 10.8. The van der Waals surface area contributed by atoms with Crippen LogP contribution in [0.4, 0.5) is 0 Å². The van der Waals surface area contributed by atoms with Crippen molar-refractivity contribution in [1.29, 1.82) is 0 Å². The van der Waals surface area contributed by atoms with Crippen LogP contribution in [0.3, 0.4) is 0 Å². The predicted octanol–water partition coefficient (Wildman–Crippen LogP) is 1.96. The molecule has 1 aromatic carbocycles. The summed E-state index contributed by atoms with van der Waals surface area (Å²) in [5.41, 5.74) is 1.12. The zero-order valence-corrected chi connectivity index (χ0v) is 14.5. The number of rotatable bonds is 7. The molecule has 0 bridgehead atoms. The zero-order chi connectivity index (χ0) is 16.6. The number of benzene rings is 1. The molecule has 6 nitrogen and oxygen atoms in total. The van der Waals surface area contributed by atoms with Crippen molar-refractivity contribution in [3.63, 3.8) is 0 Å². The molecule has 132 valence electrons. The third-order valence-corrected chi connectivity index (χ3v) is 4.34. The second-order valence-corrected chi connectivity index (χ2v) is 6.21. The molecular formula is C18H28N4O2. The lowest BCUT2D eigenvalue weighted by Gasteiger charge is -2.15. The van der Waals surface area contributed by atoms with Gasteiger partial charge in [-0.3, -0.25) is 0 Å². The molecule has 0 aliphatic carbocycles. The number of nitrogens with one attached hydrogen (secondary N) is 2. The Morgan fingerprint density at radius 2 is 2.00 bits per heavy atom. The highest BCUT2D eigenvalue weighted by atomic mass is 16.7. The summed E-state index contributed by atoms with van der Waals surface area (Å²) in [5, 5.41) is 6.73. The van der Waals surface area contributed by atoms with Crippen LogP contribution in [-0.4, -0.2) is 50.4 Å². The monoisotopic (exact) mass is 332 g/mol. The lowest BCUT2D eigenvalue weighted by Crippen LogP contribution is -2.38. The van der Waals surface area contributed by atoms with Gasteiger partial charge in [0.1, 0.15) is 0 Å². The molecule has 0 unspecified atom stereocenters. The van der Waals surface area contributed by atoms with Crippen LogP contribution in [0.15, 0.2) is 23.2 Å². The largest absolute Gasteiger partial charge is 0.454 e. The Hall–Kier alpha value is -1.95. The lowest BCUT2D eigenvalue weighted by atomic mass is 10.2. The number of hydrogen-bond donors (Lipinski definition) is 2. The minimum Gasteiger partial charge on any atom is -0.454 e. The Kier molecular flexibility index (Phi) is 6.18. The Bertz CT molecular complexity index is 556. The SMILES string of the molecule is CCNC(=NCc1ccc2c(c1)OCO2)NCCCN1CCCC1. The van der Waals surface area contributed by atoms with E-state index in [0.717, 1.165) is 42.5 Å². The summed E-state index contributed by atoms with van der Waals surface area (Å²) in [6, 6.07) is 5.99. The molecule has 24 heavy (non-hydrogen) atoms. The number of aliphatic imine (C=N–C) groups is 1. The van der Waals surface area contributed by atoms with E-state index in [-0.39, 0.29) is 0 Å². The highest BCUT2D eigenvalue weighted by Crippen LogP contribution is 2.32. The van der Waals surface area contributed by atoms with E-state index < -0.39 is 0 Å². The molecule has 6 heteroatoms. The van der Waals surface area contributed by atoms with Crippen molar-refractivity contribution >= 4 is 5.96 Å². The topological polar surface area (TPSA) is 58.1 Å². The normalized spacial score (nSPS) is 17.3. The first-order chi connectivity index (χ1) is 11.8. The third kappa shape index (κ3) is 4.77. The highest BCUT2D eigenvalue weighted by molar-refractivity contribution is 5.79.